The first kappa shape index (κ1) is 28.1. The Morgan fingerprint density at radius 1 is 1.05 bits per heavy atom. The third-order valence-electron chi connectivity index (χ3n) is 6.28. The van der Waals surface area contributed by atoms with Crippen LogP contribution in [-0.4, -0.2) is 26.5 Å². The summed E-state index contributed by atoms with van der Waals surface area (Å²) in [6.07, 6.45) is 0.997. The molecule has 1 unspecified atom stereocenters. The molecule has 5 rings (SSSR count). The molecule has 0 saturated carbocycles. The Kier molecular flexibility index (Phi) is 8.99. The molecule has 206 valence electrons. The number of nitrogens with one attached hydrogen (secondary N) is 1. The first-order valence-corrected chi connectivity index (χ1v) is 14.6. The zero-order valence-electron chi connectivity index (χ0n) is 22.1. The van der Waals surface area contributed by atoms with Gasteiger partial charge in [0.15, 0.2) is 0 Å². The van der Waals surface area contributed by atoms with Crippen molar-refractivity contribution in [2.45, 2.75) is 44.7 Å². The molecule has 7 nitrogen and oxygen atoms in total. The minimum absolute atomic E-state index is 0.163. The van der Waals surface area contributed by atoms with Crippen molar-refractivity contribution in [3.63, 3.8) is 0 Å². The highest BCUT2D eigenvalue weighted by molar-refractivity contribution is 7.99. The molecule has 1 atom stereocenters. The maximum Gasteiger partial charge on any atom is 0.338 e. The number of allylic oxidation sites excluding steroid dienone is 1. The molecular formula is C30H28Cl2N4O3S. The minimum Gasteiger partial charge on any atom is -0.489 e. The van der Waals surface area contributed by atoms with Crippen LogP contribution in [0.15, 0.2) is 89.2 Å². The van der Waals surface area contributed by atoms with Crippen LogP contribution in [0.25, 0.3) is 0 Å². The van der Waals surface area contributed by atoms with Crippen LogP contribution in [0.1, 0.15) is 43.0 Å². The quantitative estimate of drug-likeness (QED) is 0.149. The van der Waals surface area contributed by atoms with Crippen molar-refractivity contribution in [1.29, 1.82) is 0 Å². The van der Waals surface area contributed by atoms with Crippen molar-refractivity contribution in [2.24, 2.45) is 0 Å². The molecule has 0 bridgehead atoms. The Morgan fingerprint density at radius 2 is 1.88 bits per heavy atom. The zero-order chi connectivity index (χ0) is 28.1. The molecule has 0 spiro atoms. The average molecular weight is 596 g/mol. The average Bonchev–Trinajstić information content (AvgIpc) is 3.36. The van der Waals surface area contributed by atoms with Gasteiger partial charge in [0.25, 0.3) is 0 Å². The number of halogens is 2. The largest absolute Gasteiger partial charge is 0.489 e. The molecule has 1 aliphatic heterocycles. The summed E-state index contributed by atoms with van der Waals surface area (Å²) >= 11 is 13.9. The molecule has 1 N–H and O–H groups in total. The molecule has 10 heteroatoms. The molecule has 0 amide bonds. The van der Waals surface area contributed by atoms with Crippen molar-refractivity contribution in [3.05, 3.63) is 111 Å². The summed E-state index contributed by atoms with van der Waals surface area (Å²) in [5.74, 6) is 1.66. The van der Waals surface area contributed by atoms with Gasteiger partial charge < -0.3 is 14.8 Å². The van der Waals surface area contributed by atoms with Gasteiger partial charge in [-0.05, 0) is 48.7 Å². The van der Waals surface area contributed by atoms with E-state index in [4.69, 9.17) is 37.8 Å². The maximum absolute atomic E-state index is 13.6. The van der Waals surface area contributed by atoms with E-state index in [1.54, 1.807) is 28.6 Å². The van der Waals surface area contributed by atoms with Crippen molar-refractivity contribution in [3.8, 4) is 5.75 Å². The second-order valence-electron chi connectivity index (χ2n) is 9.24. The number of esters is 1. The van der Waals surface area contributed by atoms with E-state index in [1.165, 1.54) is 0 Å². The van der Waals surface area contributed by atoms with E-state index in [-0.39, 0.29) is 13.2 Å². The number of fused-ring (bicyclic) bond motifs is 1. The number of rotatable bonds is 10. The molecule has 4 aromatic rings. The zero-order valence-corrected chi connectivity index (χ0v) is 24.4. The number of nitrogens with zero attached hydrogens (tertiary/aromatic N) is 3. The summed E-state index contributed by atoms with van der Waals surface area (Å²) in [6, 6.07) is 21.9. The Balaban J connectivity index is 1.46. The molecular weight excluding hydrogens is 567 g/mol. The van der Waals surface area contributed by atoms with E-state index in [2.05, 4.69) is 17.2 Å². The number of anilines is 1. The summed E-state index contributed by atoms with van der Waals surface area (Å²) in [7, 11) is 0. The topological polar surface area (TPSA) is 78.3 Å². The first-order chi connectivity index (χ1) is 19.4. The first-order valence-electron chi connectivity index (χ1n) is 12.9. The monoisotopic (exact) mass is 594 g/mol. The van der Waals surface area contributed by atoms with Gasteiger partial charge in [-0.25, -0.2) is 9.48 Å². The Morgan fingerprint density at radius 3 is 2.65 bits per heavy atom. The van der Waals surface area contributed by atoms with Crippen molar-refractivity contribution in [2.75, 3.05) is 11.1 Å². The molecule has 0 radical (unpaired) electrons. The predicted octanol–water partition coefficient (Wildman–Crippen LogP) is 7.70. The van der Waals surface area contributed by atoms with Gasteiger partial charge in [0.2, 0.25) is 11.1 Å². The van der Waals surface area contributed by atoms with Gasteiger partial charge >= 0.3 is 5.97 Å². The minimum atomic E-state index is -0.564. The number of carbonyl (C=O) groups is 1. The van der Waals surface area contributed by atoms with Gasteiger partial charge in [0.05, 0.1) is 5.57 Å². The van der Waals surface area contributed by atoms with E-state index in [9.17, 15) is 4.79 Å². The normalized spacial score (nSPS) is 14.4. The molecule has 0 fully saturated rings. The fourth-order valence-electron chi connectivity index (χ4n) is 4.33. The second-order valence-corrected chi connectivity index (χ2v) is 11.1. The van der Waals surface area contributed by atoms with Gasteiger partial charge in [0.1, 0.15) is 25.0 Å². The van der Waals surface area contributed by atoms with E-state index in [1.807, 2.05) is 67.6 Å². The van der Waals surface area contributed by atoms with Gasteiger partial charge in [-0.2, -0.15) is 4.98 Å². The molecule has 1 aromatic heterocycles. The third kappa shape index (κ3) is 6.46. The summed E-state index contributed by atoms with van der Waals surface area (Å²) < 4.78 is 13.6. The molecule has 0 aliphatic carbocycles. The van der Waals surface area contributed by atoms with E-state index in [0.29, 0.717) is 38.2 Å². The van der Waals surface area contributed by atoms with Crippen LogP contribution in [0, 0.1) is 0 Å². The van der Waals surface area contributed by atoms with E-state index >= 15 is 0 Å². The lowest BCUT2D eigenvalue weighted by Crippen LogP contribution is -2.29. The summed E-state index contributed by atoms with van der Waals surface area (Å²) in [6.45, 7) is 4.39. The van der Waals surface area contributed by atoms with E-state index < -0.39 is 12.0 Å². The predicted molar refractivity (Wildman–Crippen MR) is 159 cm³/mol. The lowest BCUT2D eigenvalue weighted by molar-refractivity contribution is -0.140. The van der Waals surface area contributed by atoms with Crippen LogP contribution in [0.5, 0.6) is 5.75 Å². The van der Waals surface area contributed by atoms with Crippen LogP contribution in [0.4, 0.5) is 5.95 Å². The van der Waals surface area contributed by atoms with Crippen LogP contribution in [0.2, 0.25) is 10.0 Å². The Labute approximate surface area is 247 Å². The number of hydrogen-bond acceptors (Lipinski definition) is 7. The standard InChI is InChI=1S/C30H28Cl2N4O3S/c1-3-14-40-30-34-29-33-19(2)26(28(37)39-17-20-8-5-4-6-9-20)27(36(29)35-30)21-10-7-11-24(15-21)38-18-22-12-13-23(31)16-25(22)32/h4-13,15-16,27H,3,14,17-18H2,1-2H3,(H,33,34,35). The number of hydrogen-bond donors (Lipinski definition) is 1. The number of benzene rings is 3. The highest BCUT2D eigenvalue weighted by Crippen LogP contribution is 2.38. The van der Waals surface area contributed by atoms with Gasteiger partial charge in [-0.15, -0.1) is 5.10 Å². The number of ether oxygens (including phenoxy) is 2. The SMILES string of the molecule is CCCSc1nc2n(n1)C(c1cccc(OCc3ccc(Cl)cc3Cl)c1)C(C(=O)OCc1ccccc1)=C(C)N2. The van der Waals surface area contributed by atoms with Crippen molar-refractivity contribution >= 4 is 46.9 Å². The lowest BCUT2D eigenvalue weighted by Gasteiger charge is -2.28. The summed E-state index contributed by atoms with van der Waals surface area (Å²) in [4.78, 5) is 18.2. The van der Waals surface area contributed by atoms with Gasteiger partial charge in [-0.3, -0.25) is 0 Å². The molecule has 40 heavy (non-hydrogen) atoms. The molecule has 0 saturated heterocycles. The van der Waals surface area contributed by atoms with Crippen LogP contribution in [0.3, 0.4) is 0 Å². The highest BCUT2D eigenvalue weighted by atomic mass is 35.5. The number of thioether (sulfide) groups is 1. The number of carbonyl (C=O) groups excluding carboxylic acids is 1. The summed E-state index contributed by atoms with van der Waals surface area (Å²) in [5.41, 5.74) is 3.65. The smallest absolute Gasteiger partial charge is 0.338 e. The van der Waals surface area contributed by atoms with Gasteiger partial charge in [0, 0.05) is 27.1 Å². The lowest BCUT2D eigenvalue weighted by atomic mass is 9.95. The Bertz CT molecular complexity index is 1540. The molecule has 1 aliphatic rings. The molecule has 2 heterocycles. The highest BCUT2D eigenvalue weighted by Gasteiger charge is 2.35. The Hall–Kier alpha value is -3.46. The van der Waals surface area contributed by atoms with Gasteiger partial charge in [-0.1, -0.05) is 90.4 Å². The third-order valence-corrected chi connectivity index (χ3v) is 7.91. The van der Waals surface area contributed by atoms with Crippen molar-refractivity contribution < 1.29 is 14.3 Å². The second kappa shape index (κ2) is 12.8. The fraction of sp³-hybridized carbons (Fsp3) is 0.233. The summed E-state index contributed by atoms with van der Waals surface area (Å²) in [5, 5.41) is 9.77. The number of aromatic nitrogens is 3. The van der Waals surface area contributed by atoms with E-state index in [0.717, 1.165) is 28.9 Å². The van der Waals surface area contributed by atoms with Crippen LogP contribution < -0.4 is 10.1 Å². The van der Waals surface area contributed by atoms with Crippen molar-refractivity contribution in [1.82, 2.24) is 14.8 Å². The van der Waals surface area contributed by atoms with Crippen LogP contribution in [-0.2, 0) is 22.7 Å². The fourth-order valence-corrected chi connectivity index (χ4v) is 5.48. The molecule has 3 aromatic carbocycles. The maximum atomic E-state index is 13.6. The van der Waals surface area contributed by atoms with Crippen LogP contribution >= 0.6 is 35.0 Å².